The first-order chi connectivity index (χ1) is 4.68. The lowest BCUT2D eigenvalue weighted by Crippen LogP contribution is -2.21. The molecule has 0 bridgehead atoms. The van der Waals surface area contributed by atoms with Crippen LogP contribution in [0.3, 0.4) is 0 Å². The minimum Gasteiger partial charge on any atom is -0.396 e. The number of aldehydes is 1. The first kappa shape index (κ1) is 9.98. The van der Waals surface area contributed by atoms with Crippen LogP contribution >= 0.6 is 11.8 Å². The number of rotatable bonds is 5. The zero-order valence-corrected chi connectivity index (χ0v) is 7.28. The highest BCUT2D eigenvalue weighted by Crippen LogP contribution is 2.25. The third-order valence-corrected chi connectivity index (χ3v) is 2.91. The monoisotopic (exact) mass is 162 g/mol. The molecule has 1 atom stereocenters. The molecule has 1 unspecified atom stereocenters. The van der Waals surface area contributed by atoms with Crippen molar-refractivity contribution >= 4 is 18.0 Å². The lowest BCUT2D eigenvalue weighted by Gasteiger charge is -2.18. The van der Waals surface area contributed by atoms with Crippen molar-refractivity contribution in [3.05, 3.63) is 0 Å². The molecule has 0 saturated carbocycles. The summed E-state index contributed by atoms with van der Waals surface area (Å²) < 4.78 is -0.289. The second-order valence-electron chi connectivity index (χ2n) is 2.36. The molecule has 0 rings (SSSR count). The highest BCUT2D eigenvalue weighted by Gasteiger charge is 2.20. The number of hydrogen-bond acceptors (Lipinski definition) is 3. The van der Waals surface area contributed by atoms with Gasteiger partial charge in [-0.2, -0.15) is 0 Å². The molecular weight excluding hydrogens is 148 g/mol. The number of aliphatic hydroxyl groups excluding tert-OH is 1. The smallest absolute Gasteiger partial charge is 0.135 e. The van der Waals surface area contributed by atoms with E-state index in [0.717, 1.165) is 12.7 Å². The van der Waals surface area contributed by atoms with Crippen molar-refractivity contribution in [3.8, 4) is 0 Å². The van der Waals surface area contributed by atoms with Crippen LogP contribution in [-0.2, 0) is 4.79 Å². The minimum atomic E-state index is -0.289. The third-order valence-electron chi connectivity index (χ3n) is 1.47. The van der Waals surface area contributed by atoms with Gasteiger partial charge >= 0.3 is 0 Å². The lowest BCUT2D eigenvalue weighted by molar-refractivity contribution is -0.109. The lowest BCUT2D eigenvalue weighted by atomic mass is 10.1. The largest absolute Gasteiger partial charge is 0.396 e. The summed E-state index contributed by atoms with van der Waals surface area (Å²) in [7, 11) is 0. The highest BCUT2D eigenvalue weighted by atomic mass is 32.2. The Morgan fingerprint density at radius 2 is 2.30 bits per heavy atom. The SMILES string of the molecule is CCC(C)(C=O)SCCO. The van der Waals surface area contributed by atoms with E-state index in [4.69, 9.17) is 5.11 Å². The summed E-state index contributed by atoms with van der Waals surface area (Å²) in [4.78, 5) is 10.5. The van der Waals surface area contributed by atoms with Crippen molar-refractivity contribution in [2.45, 2.75) is 25.0 Å². The van der Waals surface area contributed by atoms with E-state index in [1.165, 1.54) is 11.8 Å². The molecule has 2 nitrogen and oxygen atoms in total. The van der Waals surface area contributed by atoms with Crippen LogP contribution in [0.25, 0.3) is 0 Å². The molecule has 0 heterocycles. The van der Waals surface area contributed by atoms with Crippen molar-refractivity contribution in [3.63, 3.8) is 0 Å². The van der Waals surface area contributed by atoms with Crippen LogP contribution in [0.15, 0.2) is 0 Å². The molecular formula is C7H14O2S. The molecule has 0 radical (unpaired) electrons. The maximum absolute atomic E-state index is 10.5. The quantitative estimate of drug-likeness (QED) is 0.615. The van der Waals surface area contributed by atoms with Crippen molar-refractivity contribution in [1.29, 1.82) is 0 Å². The second-order valence-corrected chi connectivity index (χ2v) is 3.99. The standard InChI is InChI=1S/C7H14O2S/c1-3-7(2,6-9)10-5-4-8/h6,8H,3-5H2,1-2H3. The molecule has 0 aliphatic heterocycles. The van der Waals surface area contributed by atoms with Gasteiger partial charge in [-0.15, -0.1) is 11.8 Å². The maximum Gasteiger partial charge on any atom is 0.135 e. The normalized spacial score (nSPS) is 16.3. The first-order valence-electron chi connectivity index (χ1n) is 3.39. The Kier molecular flexibility index (Phi) is 4.73. The van der Waals surface area contributed by atoms with Crippen molar-refractivity contribution < 1.29 is 9.90 Å². The topological polar surface area (TPSA) is 37.3 Å². The van der Waals surface area contributed by atoms with E-state index in [0.29, 0.717) is 5.75 Å². The molecule has 0 aromatic heterocycles. The first-order valence-corrected chi connectivity index (χ1v) is 4.38. The van der Waals surface area contributed by atoms with E-state index >= 15 is 0 Å². The van der Waals surface area contributed by atoms with Crippen molar-refractivity contribution in [1.82, 2.24) is 0 Å². The summed E-state index contributed by atoms with van der Waals surface area (Å²) in [6.45, 7) is 4.01. The molecule has 10 heavy (non-hydrogen) atoms. The van der Waals surface area contributed by atoms with Gasteiger partial charge in [0.25, 0.3) is 0 Å². The van der Waals surface area contributed by atoms with Crippen LogP contribution in [0.1, 0.15) is 20.3 Å². The molecule has 3 heteroatoms. The zero-order chi connectivity index (χ0) is 8.04. The fraction of sp³-hybridized carbons (Fsp3) is 0.857. The molecule has 0 aliphatic rings. The summed E-state index contributed by atoms with van der Waals surface area (Å²) in [6, 6.07) is 0. The number of carbonyl (C=O) groups excluding carboxylic acids is 1. The van der Waals surface area contributed by atoms with Gasteiger partial charge in [-0.1, -0.05) is 6.92 Å². The van der Waals surface area contributed by atoms with Gasteiger partial charge < -0.3 is 9.90 Å². The van der Waals surface area contributed by atoms with Gasteiger partial charge in [-0.25, -0.2) is 0 Å². The molecule has 0 amide bonds. The average molecular weight is 162 g/mol. The van der Waals surface area contributed by atoms with Gasteiger partial charge in [-0.05, 0) is 13.3 Å². The fourth-order valence-corrected chi connectivity index (χ4v) is 1.33. The molecule has 0 aliphatic carbocycles. The zero-order valence-electron chi connectivity index (χ0n) is 6.46. The number of thioether (sulfide) groups is 1. The Balaban J connectivity index is 3.68. The molecule has 1 N–H and O–H groups in total. The van der Waals surface area contributed by atoms with E-state index in [1.807, 2.05) is 13.8 Å². The summed E-state index contributed by atoms with van der Waals surface area (Å²) in [5.41, 5.74) is 0. The second kappa shape index (κ2) is 4.74. The molecule has 0 spiro atoms. The summed E-state index contributed by atoms with van der Waals surface area (Å²) in [5.74, 6) is 0.642. The van der Waals surface area contributed by atoms with Crippen LogP contribution in [0.2, 0.25) is 0 Å². The molecule has 60 valence electrons. The minimum absolute atomic E-state index is 0.147. The Morgan fingerprint density at radius 3 is 2.60 bits per heavy atom. The van der Waals surface area contributed by atoms with E-state index in [1.54, 1.807) is 0 Å². The van der Waals surface area contributed by atoms with Crippen LogP contribution in [0.4, 0.5) is 0 Å². The van der Waals surface area contributed by atoms with Crippen LogP contribution in [-0.4, -0.2) is 28.5 Å². The predicted molar refractivity (Wildman–Crippen MR) is 44.3 cm³/mol. The summed E-state index contributed by atoms with van der Waals surface area (Å²) >= 11 is 1.51. The number of carbonyl (C=O) groups is 1. The van der Waals surface area contributed by atoms with Gasteiger partial charge in [0.05, 0.1) is 11.4 Å². The van der Waals surface area contributed by atoms with Crippen molar-refractivity contribution in [2.24, 2.45) is 0 Å². The molecule has 0 saturated heterocycles. The number of aliphatic hydroxyl groups is 1. The van der Waals surface area contributed by atoms with Crippen LogP contribution in [0.5, 0.6) is 0 Å². The molecule has 0 fully saturated rings. The van der Waals surface area contributed by atoms with Crippen LogP contribution < -0.4 is 0 Å². The van der Waals surface area contributed by atoms with Gasteiger partial charge in [0.2, 0.25) is 0 Å². The highest BCUT2D eigenvalue weighted by molar-refractivity contribution is 8.01. The summed E-state index contributed by atoms with van der Waals surface area (Å²) in [6.07, 6.45) is 1.77. The fourth-order valence-electron chi connectivity index (χ4n) is 0.498. The van der Waals surface area contributed by atoms with E-state index in [9.17, 15) is 4.79 Å². The maximum atomic E-state index is 10.5. The van der Waals surface area contributed by atoms with Gasteiger partial charge in [-0.3, -0.25) is 0 Å². The summed E-state index contributed by atoms with van der Waals surface area (Å²) in [5, 5.41) is 8.48. The van der Waals surface area contributed by atoms with Gasteiger partial charge in [0, 0.05) is 5.75 Å². The van der Waals surface area contributed by atoms with Gasteiger partial charge in [0.15, 0.2) is 0 Å². The van der Waals surface area contributed by atoms with Crippen LogP contribution in [0, 0.1) is 0 Å². The average Bonchev–Trinajstić information content (AvgIpc) is 2.00. The van der Waals surface area contributed by atoms with E-state index in [2.05, 4.69) is 0 Å². The Labute approximate surface area is 66.0 Å². The Hall–Kier alpha value is -0.0200. The molecule has 0 aromatic rings. The van der Waals surface area contributed by atoms with E-state index < -0.39 is 0 Å². The number of hydrogen-bond donors (Lipinski definition) is 1. The Morgan fingerprint density at radius 1 is 1.70 bits per heavy atom. The molecule has 0 aromatic carbocycles. The Bertz CT molecular complexity index is 106. The third kappa shape index (κ3) is 3.22. The predicted octanol–water partition coefficient (Wildman–Crippen LogP) is 1.08. The van der Waals surface area contributed by atoms with Gasteiger partial charge in [0.1, 0.15) is 6.29 Å². The van der Waals surface area contributed by atoms with Crippen molar-refractivity contribution in [2.75, 3.05) is 12.4 Å². The van der Waals surface area contributed by atoms with E-state index in [-0.39, 0.29) is 11.4 Å².